The highest BCUT2D eigenvalue weighted by molar-refractivity contribution is 6.03. The molecule has 2 bridgehead atoms. The maximum Gasteiger partial charge on any atom is 0.313 e. The van der Waals surface area contributed by atoms with Gasteiger partial charge in [0.05, 0.1) is 18.6 Å². The second-order valence-electron chi connectivity index (χ2n) is 4.86. The van der Waals surface area contributed by atoms with Crippen molar-refractivity contribution in [2.45, 2.75) is 38.7 Å². The summed E-state index contributed by atoms with van der Waals surface area (Å²) in [6.45, 7) is 2.14. The first kappa shape index (κ1) is 13.3. The lowest BCUT2D eigenvalue weighted by molar-refractivity contribution is -0.147. The molecule has 0 saturated heterocycles. The fourth-order valence-electron chi connectivity index (χ4n) is 2.99. The molecular formula is C14H20O4. The molecule has 0 aromatic heterocycles. The van der Waals surface area contributed by atoms with Crippen LogP contribution in [0.4, 0.5) is 0 Å². The van der Waals surface area contributed by atoms with E-state index in [1.807, 2.05) is 6.08 Å². The number of Topliss-reactive ketones (excluding diaryl/α,β-unsaturated/α-hetero) is 1. The van der Waals surface area contributed by atoms with Crippen molar-refractivity contribution in [3.05, 3.63) is 11.6 Å². The number of methoxy groups -OCH3 is 1. The van der Waals surface area contributed by atoms with Gasteiger partial charge in [-0.15, -0.1) is 0 Å². The van der Waals surface area contributed by atoms with E-state index in [1.54, 1.807) is 14.0 Å². The molecule has 0 aromatic carbocycles. The summed E-state index contributed by atoms with van der Waals surface area (Å²) in [5, 5.41) is 0. The van der Waals surface area contributed by atoms with Crippen molar-refractivity contribution in [2.75, 3.05) is 13.7 Å². The van der Waals surface area contributed by atoms with Gasteiger partial charge in [-0.05, 0) is 32.6 Å². The molecule has 0 heterocycles. The van der Waals surface area contributed by atoms with Crippen LogP contribution in [0.25, 0.3) is 0 Å². The minimum atomic E-state index is -0.389. The lowest BCUT2D eigenvalue weighted by Gasteiger charge is -2.25. The Kier molecular flexibility index (Phi) is 4.17. The third-order valence-corrected chi connectivity index (χ3v) is 3.90. The number of ether oxygens (including phenoxy) is 2. The van der Waals surface area contributed by atoms with Crippen molar-refractivity contribution in [1.82, 2.24) is 0 Å². The first-order valence-electron chi connectivity index (χ1n) is 6.62. The predicted octanol–water partition coefficient (Wildman–Crippen LogP) is 1.88. The van der Waals surface area contributed by atoms with E-state index in [0.717, 1.165) is 19.3 Å². The van der Waals surface area contributed by atoms with Crippen molar-refractivity contribution in [3.8, 4) is 0 Å². The van der Waals surface area contributed by atoms with E-state index in [1.165, 1.54) is 0 Å². The van der Waals surface area contributed by atoms with Crippen LogP contribution in [0.2, 0.25) is 0 Å². The lowest BCUT2D eigenvalue weighted by Crippen LogP contribution is -2.32. The largest absolute Gasteiger partial charge is 0.466 e. The van der Waals surface area contributed by atoms with Gasteiger partial charge in [0.1, 0.15) is 0 Å². The topological polar surface area (TPSA) is 52.6 Å². The second kappa shape index (κ2) is 5.65. The molecule has 2 rings (SSSR count). The molecule has 0 aromatic rings. The van der Waals surface area contributed by atoms with E-state index in [-0.39, 0.29) is 29.7 Å². The number of ketones is 1. The van der Waals surface area contributed by atoms with E-state index in [2.05, 4.69) is 0 Å². The molecule has 0 N–H and O–H groups in total. The molecule has 2 aliphatic rings. The Morgan fingerprint density at radius 1 is 1.39 bits per heavy atom. The highest BCUT2D eigenvalue weighted by atomic mass is 16.5. The van der Waals surface area contributed by atoms with Crippen molar-refractivity contribution in [1.29, 1.82) is 0 Å². The molecule has 0 unspecified atom stereocenters. The summed E-state index contributed by atoms with van der Waals surface area (Å²) >= 11 is 0. The third-order valence-electron chi connectivity index (χ3n) is 3.90. The minimum absolute atomic E-state index is 0.0550. The quantitative estimate of drug-likeness (QED) is 0.720. The molecule has 2 aliphatic carbocycles. The van der Waals surface area contributed by atoms with Gasteiger partial charge in [-0.3, -0.25) is 9.59 Å². The average molecular weight is 252 g/mol. The van der Waals surface area contributed by atoms with Gasteiger partial charge in [0.2, 0.25) is 0 Å². The van der Waals surface area contributed by atoms with E-state index in [4.69, 9.17) is 9.47 Å². The highest BCUT2D eigenvalue weighted by Gasteiger charge is 2.41. The molecular weight excluding hydrogens is 232 g/mol. The Hall–Kier alpha value is -1.16. The van der Waals surface area contributed by atoms with Crippen LogP contribution >= 0.6 is 0 Å². The molecule has 100 valence electrons. The summed E-state index contributed by atoms with van der Waals surface area (Å²) in [6.07, 6.45) is 4.93. The fraction of sp³-hybridized carbons (Fsp3) is 0.714. The smallest absolute Gasteiger partial charge is 0.313 e. The Labute approximate surface area is 107 Å². The van der Waals surface area contributed by atoms with Crippen molar-refractivity contribution >= 4 is 11.8 Å². The number of rotatable bonds is 3. The zero-order valence-corrected chi connectivity index (χ0v) is 11.0. The number of hydrogen-bond acceptors (Lipinski definition) is 4. The SMILES string of the molecule is CCOC(=O)[C@H]1CC[C@H](OC)[C@H]2CCC=C1C2=O. The number of allylic oxidation sites excluding steroid dienone is 1. The number of carbonyl (C=O) groups excluding carboxylic acids is 2. The first-order valence-corrected chi connectivity index (χ1v) is 6.62. The van der Waals surface area contributed by atoms with Gasteiger partial charge in [0.25, 0.3) is 0 Å². The zero-order chi connectivity index (χ0) is 13.1. The van der Waals surface area contributed by atoms with Gasteiger partial charge in [-0.1, -0.05) is 6.08 Å². The summed E-state index contributed by atoms with van der Waals surface area (Å²) in [5.41, 5.74) is 0.657. The normalized spacial score (nSPS) is 31.6. The average Bonchev–Trinajstić information content (AvgIpc) is 2.45. The van der Waals surface area contributed by atoms with Crippen LogP contribution in [0.15, 0.2) is 11.6 Å². The standard InChI is InChI=1S/C14H20O4/c1-3-18-14(16)10-7-8-12(17-2)11-6-4-5-9(10)13(11)15/h5,10-12H,3-4,6-8H2,1-2H3/t10-,11+,12-/m0/s1. The first-order chi connectivity index (χ1) is 8.69. The van der Waals surface area contributed by atoms with Gasteiger partial charge >= 0.3 is 5.97 Å². The van der Waals surface area contributed by atoms with Crippen LogP contribution in [-0.4, -0.2) is 31.6 Å². The van der Waals surface area contributed by atoms with Gasteiger partial charge in [-0.2, -0.15) is 0 Å². The predicted molar refractivity (Wildman–Crippen MR) is 66.0 cm³/mol. The van der Waals surface area contributed by atoms with E-state index >= 15 is 0 Å². The summed E-state index contributed by atoms with van der Waals surface area (Å²) in [5.74, 6) is -0.645. The Balaban J connectivity index is 2.25. The fourth-order valence-corrected chi connectivity index (χ4v) is 2.99. The second-order valence-corrected chi connectivity index (χ2v) is 4.86. The van der Waals surface area contributed by atoms with Crippen LogP contribution < -0.4 is 0 Å². The molecule has 0 amide bonds. The van der Waals surface area contributed by atoms with Crippen molar-refractivity contribution in [3.63, 3.8) is 0 Å². The lowest BCUT2D eigenvalue weighted by atomic mass is 9.82. The maximum absolute atomic E-state index is 12.4. The maximum atomic E-state index is 12.4. The van der Waals surface area contributed by atoms with Crippen molar-refractivity contribution in [2.24, 2.45) is 11.8 Å². The van der Waals surface area contributed by atoms with E-state index in [0.29, 0.717) is 18.6 Å². The Bertz CT molecular complexity index is 372. The molecule has 1 saturated carbocycles. The summed E-state index contributed by atoms with van der Waals surface area (Å²) < 4.78 is 10.5. The van der Waals surface area contributed by atoms with Gasteiger partial charge in [-0.25, -0.2) is 0 Å². The Morgan fingerprint density at radius 3 is 2.83 bits per heavy atom. The number of esters is 1. The van der Waals surface area contributed by atoms with Crippen LogP contribution in [0, 0.1) is 11.8 Å². The van der Waals surface area contributed by atoms with Crippen LogP contribution in [-0.2, 0) is 19.1 Å². The monoisotopic (exact) mass is 252 g/mol. The molecule has 0 spiro atoms. The van der Waals surface area contributed by atoms with Crippen molar-refractivity contribution < 1.29 is 19.1 Å². The number of fused-ring (bicyclic) bond motifs is 2. The molecule has 4 heteroatoms. The summed E-state index contributed by atoms with van der Waals surface area (Å²) in [6, 6.07) is 0. The van der Waals surface area contributed by atoms with Gasteiger partial charge in [0, 0.05) is 18.6 Å². The molecule has 4 nitrogen and oxygen atoms in total. The van der Waals surface area contributed by atoms with Crippen LogP contribution in [0.1, 0.15) is 32.6 Å². The minimum Gasteiger partial charge on any atom is -0.466 e. The van der Waals surface area contributed by atoms with Crippen LogP contribution in [0.5, 0.6) is 0 Å². The molecule has 0 radical (unpaired) electrons. The molecule has 1 fully saturated rings. The number of hydrogen-bond donors (Lipinski definition) is 0. The Morgan fingerprint density at radius 2 is 2.17 bits per heavy atom. The molecule has 0 aliphatic heterocycles. The third kappa shape index (κ3) is 2.34. The molecule has 3 atom stereocenters. The summed E-state index contributed by atoms with van der Waals surface area (Å²) in [4.78, 5) is 24.3. The van der Waals surface area contributed by atoms with E-state index < -0.39 is 0 Å². The summed E-state index contributed by atoms with van der Waals surface area (Å²) in [7, 11) is 1.64. The highest BCUT2D eigenvalue weighted by Crippen LogP contribution is 2.37. The molecule has 18 heavy (non-hydrogen) atoms. The van der Waals surface area contributed by atoms with Gasteiger partial charge < -0.3 is 9.47 Å². The van der Waals surface area contributed by atoms with E-state index in [9.17, 15) is 9.59 Å². The zero-order valence-electron chi connectivity index (χ0n) is 11.0. The number of carbonyl (C=O) groups is 2. The van der Waals surface area contributed by atoms with Gasteiger partial charge in [0.15, 0.2) is 5.78 Å². The van der Waals surface area contributed by atoms with Crippen LogP contribution in [0.3, 0.4) is 0 Å².